The van der Waals surface area contributed by atoms with Gasteiger partial charge in [0, 0.05) is 29.0 Å². The second-order valence-electron chi connectivity index (χ2n) is 4.87. The molecule has 104 valence electrons. The maximum absolute atomic E-state index is 5.81. The lowest BCUT2D eigenvalue weighted by Gasteiger charge is -2.17. The minimum Gasteiger partial charge on any atom is -0.424 e. The fraction of sp³-hybridized carbons (Fsp3) is 0.333. The van der Waals surface area contributed by atoms with Gasteiger partial charge in [-0.25, -0.2) is 9.97 Å². The molecular weight excluding hydrogens is 318 g/mol. The van der Waals surface area contributed by atoms with Gasteiger partial charge in [-0.3, -0.25) is 4.90 Å². The highest BCUT2D eigenvalue weighted by molar-refractivity contribution is 9.10. The van der Waals surface area contributed by atoms with Crippen molar-refractivity contribution in [2.45, 2.75) is 19.4 Å². The molecule has 1 aromatic carbocycles. The lowest BCUT2D eigenvalue weighted by Crippen LogP contribution is -2.18. The van der Waals surface area contributed by atoms with E-state index in [1.54, 1.807) is 18.5 Å². The molecule has 2 aromatic rings. The number of benzene rings is 1. The largest absolute Gasteiger partial charge is 0.424 e. The Morgan fingerprint density at radius 3 is 2.65 bits per heavy atom. The highest BCUT2D eigenvalue weighted by Gasteiger charge is 2.15. The van der Waals surface area contributed by atoms with Gasteiger partial charge >= 0.3 is 6.01 Å². The predicted molar refractivity (Wildman–Crippen MR) is 80.8 cm³/mol. The van der Waals surface area contributed by atoms with Crippen molar-refractivity contribution in [2.75, 3.05) is 13.1 Å². The van der Waals surface area contributed by atoms with E-state index < -0.39 is 0 Å². The van der Waals surface area contributed by atoms with Crippen LogP contribution < -0.4 is 4.74 Å². The molecule has 0 aliphatic carbocycles. The van der Waals surface area contributed by atoms with Crippen molar-refractivity contribution < 1.29 is 4.74 Å². The van der Waals surface area contributed by atoms with Crippen LogP contribution in [-0.4, -0.2) is 28.0 Å². The van der Waals surface area contributed by atoms with Crippen LogP contribution in [0.25, 0.3) is 0 Å². The van der Waals surface area contributed by atoms with E-state index in [1.165, 1.54) is 12.8 Å². The first-order chi connectivity index (χ1) is 9.81. The molecule has 0 spiro atoms. The SMILES string of the molecule is Brc1ccc(Oc2ncccn2)c(CN2CCCC2)c1. The number of halogens is 1. The van der Waals surface area contributed by atoms with Crippen molar-refractivity contribution in [3.05, 3.63) is 46.7 Å². The number of hydrogen-bond donors (Lipinski definition) is 0. The molecule has 5 heteroatoms. The molecule has 1 aromatic heterocycles. The maximum Gasteiger partial charge on any atom is 0.321 e. The van der Waals surface area contributed by atoms with Crippen LogP contribution in [0.3, 0.4) is 0 Å². The Kier molecular flexibility index (Phi) is 4.28. The lowest BCUT2D eigenvalue weighted by atomic mass is 10.2. The van der Waals surface area contributed by atoms with E-state index in [2.05, 4.69) is 36.9 Å². The molecule has 0 bridgehead atoms. The first-order valence-corrected chi connectivity index (χ1v) is 7.56. The highest BCUT2D eigenvalue weighted by Crippen LogP contribution is 2.28. The van der Waals surface area contributed by atoms with Gasteiger partial charge in [-0.1, -0.05) is 15.9 Å². The van der Waals surface area contributed by atoms with Gasteiger partial charge in [-0.2, -0.15) is 0 Å². The third kappa shape index (κ3) is 3.35. The van der Waals surface area contributed by atoms with Crippen molar-refractivity contribution in [1.82, 2.24) is 14.9 Å². The molecule has 0 atom stereocenters. The summed E-state index contributed by atoms with van der Waals surface area (Å²) < 4.78 is 6.87. The van der Waals surface area contributed by atoms with Crippen LogP contribution in [0.5, 0.6) is 11.8 Å². The van der Waals surface area contributed by atoms with Crippen LogP contribution in [-0.2, 0) is 6.54 Å². The zero-order chi connectivity index (χ0) is 13.8. The first kappa shape index (κ1) is 13.5. The molecule has 1 aliphatic rings. The molecular formula is C15H16BrN3O. The van der Waals surface area contributed by atoms with E-state index in [9.17, 15) is 0 Å². The summed E-state index contributed by atoms with van der Waals surface area (Å²) in [6.07, 6.45) is 5.93. The predicted octanol–water partition coefficient (Wildman–Crippen LogP) is 3.63. The number of ether oxygens (including phenoxy) is 1. The van der Waals surface area contributed by atoms with E-state index in [-0.39, 0.29) is 0 Å². The van der Waals surface area contributed by atoms with Crippen LogP contribution in [0.1, 0.15) is 18.4 Å². The molecule has 1 fully saturated rings. The van der Waals surface area contributed by atoms with Gasteiger partial charge in [-0.05, 0) is 50.2 Å². The van der Waals surface area contributed by atoms with Gasteiger partial charge in [0.05, 0.1) is 0 Å². The third-order valence-corrected chi connectivity index (χ3v) is 3.85. The highest BCUT2D eigenvalue weighted by atomic mass is 79.9. The monoisotopic (exact) mass is 333 g/mol. The summed E-state index contributed by atoms with van der Waals surface area (Å²) in [5.74, 6) is 0.825. The molecule has 4 nitrogen and oxygen atoms in total. The molecule has 0 unspecified atom stereocenters. The Morgan fingerprint density at radius 2 is 1.90 bits per heavy atom. The smallest absolute Gasteiger partial charge is 0.321 e. The minimum absolute atomic E-state index is 0.387. The Labute approximate surface area is 126 Å². The third-order valence-electron chi connectivity index (χ3n) is 3.36. The normalized spacial score (nSPS) is 15.4. The summed E-state index contributed by atoms with van der Waals surface area (Å²) in [7, 11) is 0. The summed E-state index contributed by atoms with van der Waals surface area (Å²) in [6.45, 7) is 3.23. The Hall–Kier alpha value is -1.46. The lowest BCUT2D eigenvalue weighted by molar-refractivity contribution is 0.323. The van der Waals surface area contributed by atoms with Crippen molar-refractivity contribution >= 4 is 15.9 Å². The van der Waals surface area contributed by atoms with Crippen LogP contribution in [0.2, 0.25) is 0 Å². The van der Waals surface area contributed by atoms with Gasteiger partial charge < -0.3 is 4.74 Å². The van der Waals surface area contributed by atoms with E-state index >= 15 is 0 Å². The van der Waals surface area contributed by atoms with E-state index in [0.717, 1.165) is 35.4 Å². The van der Waals surface area contributed by atoms with Gasteiger partial charge in [0.1, 0.15) is 5.75 Å². The number of nitrogens with zero attached hydrogens (tertiary/aromatic N) is 3. The summed E-state index contributed by atoms with van der Waals surface area (Å²) in [6, 6.07) is 8.21. The van der Waals surface area contributed by atoms with Crippen LogP contribution >= 0.6 is 15.9 Å². The van der Waals surface area contributed by atoms with Gasteiger partial charge in [0.15, 0.2) is 0 Å². The van der Waals surface area contributed by atoms with E-state index in [0.29, 0.717) is 6.01 Å². The van der Waals surface area contributed by atoms with E-state index in [4.69, 9.17) is 4.74 Å². The van der Waals surface area contributed by atoms with Gasteiger partial charge in [0.2, 0.25) is 0 Å². The first-order valence-electron chi connectivity index (χ1n) is 6.77. The zero-order valence-corrected chi connectivity index (χ0v) is 12.7. The molecule has 2 heterocycles. The second-order valence-corrected chi connectivity index (χ2v) is 5.78. The summed E-state index contributed by atoms with van der Waals surface area (Å²) in [5, 5.41) is 0. The number of rotatable bonds is 4. The molecule has 3 rings (SSSR count). The quantitative estimate of drug-likeness (QED) is 0.856. The van der Waals surface area contributed by atoms with Gasteiger partial charge in [-0.15, -0.1) is 0 Å². The Morgan fingerprint density at radius 1 is 1.15 bits per heavy atom. The van der Waals surface area contributed by atoms with Crippen molar-refractivity contribution in [2.24, 2.45) is 0 Å². The number of hydrogen-bond acceptors (Lipinski definition) is 4. The summed E-state index contributed by atoms with van der Waals surface area (Å²) in [5.41, 5.74) is 1.16. The fourth-order valence-electron chi connectivity index (χ4n) is 2.39. The molecule has 0 radical (unpaired) electrons. The maximum atomic E-state index is 5.81. The summed E-state index contributed by atoms with van der Waals surface area (Å²) in [4.78, 5) is 10.7. The van der Waals surface area contributed by atoms with Crippen LogP contribution in [0.15, 0.2) is 41.1 Å². The standard InChI is InChI=1S/C15H16BrN3O/c16-13-4-5-14(20-15-17-6-3-7-18-15)12(10-13)11-19-8-1-2-9-19/h3-7,10H,1-2,8-9,11H2. The Balaban J connectivity index is 1.82. The molecule has 0 N–H and O–H groups in total. The minimum atomic E-state index is 0.387. The van der Waals surface area contributed by atoms with Crippen molar-refractivity contribution in [1.29, 1.82) is 0 Å². The molecule has 0 amide bonds. The second kappa shape index (κ2) is 6.33. The van der Waals surface area contributed by atoms with Gasteiger partial charge in [0.25, 0.3) is 0 Å². The molecule has 0 saturated carbocycles. The fourth-order valence-corrected chi connectivity index (χ4v) is 2.80. The van der Waals surface area contributed by atoms with Crippen LogP contribution in [0.4, 0.5) is 0 Å². The average molecular weight is 334 g/mol. The van der Waals surface area contributed by atoms with Crippen LogP contribution in [0, 0.1) is 0 Å². The molecule has 1 aliphatic heterocycles. The topological polar surface area (TPSA) is 38.3 Å². The van der Waals surface area contributed by atoms with Crippen molar-refractivity contribution in [3.8, 4) is 11.8 Å². The average Bonchev–Trinajstić information content (AvgIpc) is 2.96. The zero-order valence-electron chi connectivity index (χ0n) is 11.1. The molecule has 20 heavy (non-hydrogen) atoms. The number of aromatic nitrogens is 2. The molecule has 1 saturated heterocycles. The van der Waals surface area contributed by atoms with E-state index in [1.807, 2.05) is 12.1 Å². The van der Waals surface area contributed by atoms with Crippen molar-refractivity contribution in [3.63, 3.8) is 0 Å². The number of likely N-dealkylation sites (tertiary alicyclic amines) is 1. The summed E-state index contributed by atoms with van der Waals surface area (Å²) >= 11 is 3.53. The Bertz CT molecular complexity index is 571.